The molecular weight excluding hydrogens is 394 g/mol. The number of nitrogens with zero attached hydrogens (tertiary/aromatic N) is 2. The summed E-state index contributed by atoms with van der Waals surface area (Å²) in [6.07, 6.45) is 4.32. The maximum atomic E-state index is 12.2. The number of thioether (sulfide) groups is 1. The number of amidine groups is 1. The predicted molar refractivity (Wildman–Crippen MR) is 117 cm³/mol. The summed E-state index contributed by atoms with van der Waals surface area (Å²) >= 11 is 7.39. The Morgan fingerprint density at radius 1 is 1.25 bits per heavy atom. The number of carbonyl (C=O) groups is 1. The van der Waals surface area contributed by atoms with E-state index in [1.54, 1.807) is 6.21 Å². The fourth-order valence-corrected chi connectivity index (χ4v) is 3.83. The van der Waals surface area contributed by atoms with Crippen molar-refractivity contribution in [1.29, 1.82) is 0 Å². The number of amides is 1. The first-order valence-corrected chi connectivity index (χ1v) is 10.5. The fraction of sp³-hybridized carbons (Fsp3) is 0.286. The summed E-state index contributed by atoms with van der Waals surface area (Å²) in [5.41, 5.74) is 1.87. The van der Waals surface area contributed by atoms with Gasteiger partial charge >= 0.3 is 0 Å². The first-order valence-electron chi connectivity index (χ1n) is 9.20. The third-order valence-electron chi connectivity index (χ3n) is 4.11. The van der Waals surface area contributed by atoms with Gasteiger partial charge in [-0.3, -0.25) is 4.79 Å². The van der Waals surface area contributed by atoms with Gasteiger partial charge in [0.25, 0.3) is 0 Å². The van der Waals surface area contributed by atoms with Crippen LogP contribution in [-0.2, 0) is 11.2 Å². The molecule has 1 aliphatic heterocycles. The van der Waals surface area contributed by atoms with E-state index in [0.717, 1.165) is 29.7 Å². The first kappa shape index (κ1) is 20.4. The van der Waals surface area contributed by atoms with Gasteiger partial charge in [0.05, 0.1) is 18.1 Å². The van der Waals surface area contributed by atoms with Crippen LogP contribution in [0, 0.1) is 0 Å². The van der Waals surface area contributed by atoms with Crippen molar-refractivity contribution in [1.82, 2.24) is 5.32 Å². The van der Waals surface area contributed by atoms with Crippen LogP contribution >= 0.6 is 23.4 Å². The molecule has 1 amide bonds. The van der Waals surface area contributed by atoms with Crippen molar-refractivity contribution in [2.24, 2.45) is 10.2 Å². The Morgan fingerprint density at radius 2 is 2.11 bits per heavy atom. The molecule has 0 bridgehead atoms. The quantitative estimate of drug-likeness (QED) is 0.386. The Labute approximate surface area is 174 Å². The molecule has 1 heterocycles. The maximum Gasteiger partial charge on any atom is 0.239 e. The molecule has 1 saturated heterocycles. The van der Waals surface area contributed by atoms with Crippen molar-refractivity contribution >= 4 is 40.7 Å². The van der Waals surface area contributed by atoms with Crippen molar-refractivity contribution in [2.45, 2.75) is 31.4 Å². The molecule has 0 spiro atoms. The molecular formula is C21H22ClN3O2S. The molecule has 1 unspecified atom stereocenters. The summed E-state index contributed by atoms with van der Waals surface area (Å²) in [7, 11) is 0. The molecule has 5 nitrogen and oxygen atoms in total. The lowest BCUT2D eigenvalue weighted by molar-refractivity contribution is -0.118. The number of nitrogens with one attached hydrogen (secondary N) is 1. The zero-order valence-corrected chi connectivity index (χ0v) is 17.2. The summed E-state index contributed by atoms with van der Waals surface area (Å²) in [6.45, 7) is 2.80. The monoisotopic (exact) mass is 415 g/mol. The van der Waals surface area contributed by atoms with Crippen molar-refractivity contribution in [3.05, 3.63) is 64.7 Å². The number of para-hydroxylation sites is 1. The molecule has 3 rings (SSSR count). The van der Waals surface area contributed by atoms with E-state index in [1.165, 1.54) is 11.8 Å². The highest BCUT2D eigenvalue weighted by Gasteiger charge is 2.30. The molecule has 1 fully saturated rings. The third kappa shape index (κ3) is 5.84. The molecule has 0 radical (unpaired) electrons. The second kappa shape index (κ2) is 10.3. The van der Waals surface area contributed by atoms with Crippen LogP contribution < -0.4 is 10.1 Å². The van der Waals surface area contributed by atoms with Crippen LogP contribution in [0.4, 0.5) is 0 Å². The Hall–Kier alpha value is -2.31. The number of rotatable bonds is 8. The number of hydrogen-bond donors (Lipinski definition) is 1. The van der Waals surface area contributed by atoms with Gasteiger partial charge in [0, 0.05) is 10.6 Å². The lowest BCUT2D eigenvalue weighted by Crippen LogP contribution is -2.25. The third-order valence-corrected chi connectivity index (χ3v) is 5.41. The van der Waals surface area contributed by atoms with E-state index in [4.69, 9.17) is 16.3 Å². The lowest BCUT2D eigenvalue weighted by atomic mass is 10.1. The first-order chi connectivity index (χ1) is 13.7. The van der Waals surface area contributed by atoms with Crippen molar-refractivity contribution < 1.29 is 9.53 Å². The summed E-state index contributed by atoms with van der Waals surface area (Å²) in [5, 5.41) is 12.0. The van der Waals surface area contributed by atoms with Crippen LogP contribution in [0.25, 0.3) is 0 Å². The number of ether oxygens (including phenoxy) is 1. The number of benzene rings is 2. The van der Waals surface area contributed by atoms with Crippen LogP contribution in [0.3, 0.4) is 0 Å². The Kier molecular flexibility index (Phi) is 7.51. The molecule has 28 heavy (non-hydrogen) atoms. The number of unbranched alkanes of at least 4 members (excludes halogenated alkanes) is 1. The van der Waals surface area contributed by atoms with E-state index in [9.17, 15) is 4.79 Å². The van der Waals surface area contributed by atoms with E-state index in [0.29, 0.717) is 23.2 Å². The standard InChI is InChI=1S/C21H22ClN3O2S/c1-2-3-11-27-18-10-5-4-8-16(18)14-23-25-21-24-20(26)19(28-21)13-15-7-6-9-17(22)12-15/h4-10,12,14,19H,2-3,11,13H2,1H3,(H,24,25,26)/b23-14+. The van der Waals surface area contributed by atoms with Gasteiger partial charge in [-0.05, 0) is 42.7 Å². The van der Waals surface area contributed by atoms with Gasteiger partial charge in [-0.2, -0.15) is 5.10 Å². The van der Waals surface area contributed by atoms with Crippen LogP contribution in [-0.4, -0.2) is 29.1 Å². The zero-order valence-electron chi connectivity index (χ0n) is 15.6. The Balaban J connectivity index is 1.61. The van der Waals surface area contributed by atoms with Gasteiger partial charge in [0.15, 0.2) is 5.17 Å². The second-order valence-corrected chi connectivity index (χ2v) is 7.95. The number of halogens is 1. The summed E-state index contributed by atoms with van der Waals surface area (Å²) < 4.78 is 5.78. The van der Waals surface area contributed by atoms with Gasteiger partial charge in [-0.25, -0.2) is 0 Å². The van der Waals surface area contributed by atoms with Gasteiger partial charge in [-0.1, -0.05) is 61.0 Å². The highest BCUT2D eigenvalue weighted by molar-refractivity contribution is 8.15. The SMILES string of the molecule is CCCCOc1ccccc1/C=N/N=C1\NC(=O)C(Cc2cccc(Cl)c2)S1. The van der Waals surface area contributed by atoms with Crippen molar-refractivity contribution in [2.75, 3.05) is 6.61 Å². The Bertz CT molecular complexity index is 885. The smallest absolute Gasteiger partial charge is 0.239 e. The van der Waals surface area contributed by atoms with Gasteiger partial charge < -0.3 is 10.1 Å². The van der Waals surface area contributed by atoms with Crippen LogP contribution in [0.5, 0.6) is 5.75 Å². The fourth-order valence-electron chi connectivity index (χ4n) is 2.65. The number of hydrogen-bond acceptors (Lipinski definition) is 5. The normalized spacial score (nSPS) is 18.0. The van der Waals surface area contributed by atoms with Crippen LogP contribution in [0.15, 0.2) is 58.7 Å². The molecule has 2 aromatic carbocycles. The summed E-state index contributed by atoms with van der Waals surface area (Å²) in [6, 6.07) is 15.2. The second-order valence-electron chi connectivity index (χ2n) is 6.32. The average molecular weight is 416 g/mol. The molecule has 1 aliphatic rings. The maximum absolute atomic E-state index is 12.2. The van der Waals surface area contributed by atoms with E-state index in [2.05, 4.69) is 22.4 Å². The van der Waals surface area contributed by atoms with E-state index in [1.807, 2.05) is 48.5 Å². The van der Waals surface area contributed by atoms with Gasteiger partial charge in [-0.15, -0.1) is 5.10 Å². The largest absolute Gasteiger partial charge is 0.493 e. The minimum atomic E-state index is -0.239. The molecule has 0 aromatic heterocycles. The molecule has 1 atom stereocenters. The highest BCUT2D eigenvalue weighted by atomic mass is 35.5. The van der Waals surface area contributed by atoms with Crippen LogP contribution in [0.2, 0.25) is 5.02 Å². The number of carbonyl (C=O) groups excluding carboxylic acids is 1. The minimum Gasteiger partial charge on any atom is -0.493 e. The lowest BCUT2D eigenvalue weighted by Gasteiger charge is -2.07. The summed E-state index contributed by atoms with van der Waals surface area (Å²) in [4.78, 5) is 12.2. The average Bonchev–Trinajstić information content (AvgIpc) is 3.02. The van der Waals surface area contributed by atoms with Crippen molar-refractivity contribution in [3.8, 4) is 5.75 Å². The van der Waals surface area contributed by atoms with Gasteiger partial charge in [0.1, 0.15) is 5.75 Å². The molecule has 0 aliphatic carbocycles. The molecule has 1 N–H and O–H groups in total. The summed E-state index contributed by atoms with van der Waals surface area (Å²) in [5.74, 6) is 0.712. The molecule has 7 heteroatoms. The predicted octanol–water partition coefficient (Wildman–Crippen LogP) is 4.68. The molecule has 146 valence electrons. The van der Waals surface area contributed by atoms with Crippen molar-refractivity contribution in [3.63, 3.8) is 0 Å². The molecule has 0 saturated carbocycles. The van der Waals surface area contributed by atoms with Crippen LogP contribution in [0.1, 0.15) is 30.9 Å². The van der Waals surface area contributed by atoms with E-state index >= 15 is 0 Å². The topological polar surface area (TPSA) is 63.1 Å². The van der Waals surface area contributed by atoms with E-state index in [-0.39, 0.29) is 11.2 Å². The minimum absolute atomic E-state index is 0.0674. The van der Waals surface area contributed by atoms with E-state index < -0.39 is 0 Å². The zero-order chi connectivity index (χ0) is 19.8. The molecule has 2 aromatic rings. The van der Waals surface area contributed by atoms with Gasteiger partial charge in [0.2, 0.25) is 5.91 Å². The highest BCUT2D eigenvalue weighted by Crippen LogP contribution is 2.24. The Morgan fingerprint density at radius 3 is 2.93 bits per heavy atom.